The molecule has 0 unspecified atom stereocenters. The molecule has 2 heterocycles. The number of nitrogens with two attached hydrogens (primary N) is 1. The molecule has 1 aromatic heterocycles. The Kier molecular flexibility index (Phi) is 4.99. The maximum atomic E-state index is 14.1. The van der Waals surface area contributed by atoms with E-state index >= 15 is 0 Å². The third kappa shape index (κ3) is 3.35. The fourth-order valence-corrected chi connectivity index (χ4v) is 3.24. The zero-order valence-corrected chi connectivity index (χ0v) is 16.7. The smallest absolute Gasteiger partial charge is 0.478 e. The van der Waals surface area contributed by atoms with Gasteiger partial charge in [0.15, 0.2) is 0 Å². The van der Waals surface area contributed by atoms with Crippen molar-refractivity contribution in [3.8, 4) is 11.1 Å². The highest BCUT2D eigenvalue weighted by atomic mass is 19.1. The molecule has 0 atom stereocenters. The highest BCUT2D eigenvalue weighted by Gasteiger charge is 2.52. The van der Waals surface area contributed by atoms with Gasteiger partial charge in [-0.05, 0) is 50.9 Å². The van der Waals surface area contributed by atoms with E-state index in [1.165, 1.54) is 6.07 Å². The Hall–Kier alpha value is -3.18. The molecule has 0 bridgehead atoms. The Morgan fingerprint density at radius 2 is 1.60 bits per heavy atom. The summed E-state index contributed by atoms with van der Waals surface area (Å²) in [6, 6.07) is 3.23. The van der Waals surface area contributed by atoms with Gasteiger partial charge in [-0.15, -0.1) is 0 Å². The summed E-state index contributed by atoms with van der Waals surface area (Å²) in [4.78, 5) is 38.0. The second-order valence-corrected chi connectivity index (χ2v) is 7.92. The van der Waals surface area contributed by atoms with Crippen molar-refractivity contribution in [3.63, 3.8) is 0 Å². The summed E-state index contributed by atoms with van der Waals surface area (Å²) in [5, 5.41) is 19.2. The average Bonchev–Trinajstić information content (AvgIpc) is 2.81. The maximum Gasteiger partial charge on any atom is 0.495 e. The monoisotopic (exact) mass is 418 g/mol. The lowest BCUT2D eigenvalue weighted by Crippen LogP contribution is -2.41. The maximum absolute atomic E-state index is 14.1. The van der Waals surface area contributed by atoms with E-state index < -0.39 is 64.1 Å². The van der Waals surface area contributed by atoms with Crippen LogP contribution in [0.1, 0.15) is 48.4 Å². The van der Waals surface area contributed by atoms with Gasteiger partial charge in [0, 0.05) is 5.56 Å². The molecule has 0 radical (unpaired) electrons. The van der Waals surface area contributed by atoms with Gasteiger partial charge in [0.05, 0.1) is 11.2 Å². The van der Waals surface area contributed by atoms with Crippen molar-refractivity contribution in [2.75, 3.05) is 5.73 Å². The number of H-pyrrole nitrogens is 1. The van der Waals surface area contributed by atoms with Crippen LogP contribution >= 0.6 is 0 Å². The standard InChI is InChI=1S/C19H20BFN2O7/c1-18(2)19(3,4)30-20(29-18)10-7-8(21)5-6-9(10)11-12(16(25)26)14(22)23-15(24)13(11)17(27)28/h5-7H,1-4H3,(H,25,26)(H,27,28)(H3,22,23,24). The third-order valence-electron chi connectivity index (χ3n) is 5.46. The Morgan fingerprint density at radius 3 is 2.10 bits per heavy atom. The van der Waals surface area contributed by atoms with Gasteiger partial charge in [0.25, 0.3) is 5.56 Å². The van der Waals surface area contributed by atoms with Gasteiger partial charge < -0.3 is 30.2 Å². The van der Waals surface area contributed by atoms with Crippen molar-refractivity contribution in [1.82, 2.24) is 4.98 Å². The Morgan fingerprint density at radius 1 is 1.07 bits per heavy atom. The van der Waals surface area contributed by atoms with E-state index in [0.717, 1.165) is 12.1 Å². The van der Waals surface area contributed by atoms with Gasteiger partial charge in [-0.1, -0.05) is 6.07 Å². The SMILES string of the molecule is CC1(C)OB(c2cc(F)ccc2-c2c(C(=O)O)c(N)[nH]c(=O)c2C(=O)O)OC1(C)C. The van der Waals surface area contributed by atoms with Crippen LogP contribution in [0.25, 0.3) is 11.1 Å². The second-order valence-electron chi connectivity index (χ2n) is 7.92. The first-order chi connectivity index (χ1) is 13.8. The molecule has 0 spiro atoms. The molecule has 0 aliphatic carbocycles. The predicted molar refractivity (Wildman–Crippen MR) is 107 cm³/mol. The van der Waals surface area contributed by atoms with Crippen molar-refractivity contribution >= 4 is 30.3 Å². The van der Waals surface area contributed by atoms with Crippen LogP contribution < -0.4 is 16.8 Å². The number of carbonyl (C=O) groups is 2. The summed E-state index contributed by atoms with van der Waals surface area (Å²) in [5.74, 6) is -4.45. The molecule has 1 saturated heterocycles. The minimum atomic E-state index is -1.67. The van der Waals surface area contributed by atoms with E-state index in [-0.39, 0.29) is 11.0 Å². The first-order valence-electron chi connectivity index (χ1n) is 8.94. The van der Waals surface area contributed by atoms with Crippen molar-refractivity contribution in [1.29, 1.82) is 0 Å². The fraction of sp³-hybridized carbons (Fsp3) is 0.316. The largest absolute Gasteiger partial charge is 0.495 e. The van der Waals surface area contributed by atoms with Crippen LogP contribution in [-0.2, 0) is 9.31 Å². The number of aromatic nitrogens is 1. The highest BCUT2D eigenvalue weighted by molar-refractivity contribution is 6.64. The van der Waals surface area contributed by atoms with Gasteiger partial charge in [-0.2, -0.15) is 0 Å². The number of nitrogens with one attached hydrogen (secondary N) is 1. The van der Waals surface area contributed by atoms with E-state index in [4.69, 9.17) is 15.0 Å². The van der Waals surface area contributed by atoms with E-state index in [1.807, 2.05) is 4.98 Å². The van der Waals surface area contributed by atoms with E-state index in [9.17, 15) is 29.0 Å². The Bertz CT molecular complexity index is 1110. The van der Waals surface area contributed by atoms with Crippen molar-refractivity contribution in [2.45, 2.75) is 38.9 Å². The molecule has 3 rings (SSSR count). The molecule has 30 heavy (non-hydrogen) atoms. The van der Waals surface area contributed by atoms with Gasteiger partial charge in [0.2, 0.25) is 0 Å². The van der Waals surface area contributed by atoms with Crippen molar-refractivity contribution < 1.29 is 33.5 Å². The minimum absolute atomic E-state index is 0.0312. The highest BCUT2D eigenvalue weighted by Crippen LogP contribution is 2.38. The number of benzene rings is 1. The molecule has 1 fully saturated rings. The second kappa shape index (κ2) is 6.96. The number of hydrogen-bond acceptors (Lipinski definition) is 6. The van der Waals surface area contributed by atoms with Crippen LogP contribution in [-0.4, -0.2) is 45.5 Å². The summed E-state index contributed by atoms with van der Waals surface area (Å²) >= 11 is 0. The van der Waals surface area contributed by atoms with Crippen molar-refractivity contribution in [3.05, 3.63) is 45.5 Å². The molecule has 1 aliphatic rings. The van der Waals surface area contributed by atoms with Gasteiger partial charge in [-0.3, -0.25) is 4.79 Å². The van der Waals surface area contributed by atoms with Crippen LogP contribution in [0.5, 0.6) is 0 Å². The molecule has 2 aromatic rings. The molecule has 0 amide bonds. The quantitative estimate of drug-likeness (QED) is 0.545. The Labute approximate surface area is 170 Å². The number of carboxylic acid groups (broad SMARTS) is 2. The van der Waals surface area contributed by atoms with Crippen molar-refractivity contribution in [2.24, 2.45) is 0 Å². The number of nitrogen functional groups attached to an aromatic ring is 1. The lowest BCUT2D eigenvalue weighted by atomic mass is 9.73. The summed E-state index contributed by atoms with van der Waals surface area (Å²) < 4.78 is 26.0. The number of pyridine rings is 1. The predicted octanol–water partition coefficient (Wildman–Crippen LogP) is 1.46. The molecular weight excluding hydrogens is 398 g/mol. The van der Waals surface area contributed by atoms with E-state index in [2.05, 4.69) is 0 Å². The van der Waals surface area contributed by atoms with Gasteiger partial charge in [-0.25, -0.2) is 14.0 Å². The number of halogens is 1. The van der Waals surface area contributed by atoms with Gasteiger partial charge >= 0.3 is 19.1 Å². The van der Waals surface area contributed by atoms with Crippen LogP contribution in [0.15, 0.2) is 23.0 Å². The average molecular weight is 418 g/mol. The number of rotatable bonds is 4. The van der Waals surface area contributed by atoms with E-state index in [0.29, 0.717) is 0 Å². The van der Waals surface area contributed by atoms with Crippen LogP contribution in [0, 0.1) is 5.82 Å². The number of anilines is 1. The number of carboxylic acids is 2. The molecule has 11 heteroatoms. The summed E-state index contributed by atoms with van der Waals surface area (Å²) in [7, 11) is -1.15. The third-order valence-corrected chi connectivity index (χ3v) is 5.46. The summed E-state index contributed by atoms with van der Waals surface area (Å²) in [6.07, 6.45) is 0. The summed E-state index contributed by atoms with van der Waals surface area (Å²) in [6.45, 7) is 7.07. The lowest BCUT2D eigenvalue weighted by molar-refractivity contribution is 0.00578. The van der Waals surface area contributed by atoms with Crippen LogP contribution in [0.4, 0.5) is 10.2 Å². The van der Waals surface area contributed by atoms with Crippen LogP contribution in [0.2, 0.25) is 0 Å². The zero-order chi connectivity index (χ0) is 22.6. The zero-order valence-electron chi connectivity index (χ0n) is 16.7. The molecule has 1 aromatic carbocycles. The molecule has 158 valence electrons. The molecule has 5 N–H and O–H groups in total. The van der Waals surface area contributed by atoms with Gasteiger partial charge in [0.1, 0.15) is 22.8 Å². The fourth-order valence-electron chi connectivity index (χ4n) is 3.24. The first-order valence-corrected chi connectivity index (χ1v) is 8.94. The lowest BCUT2D eigenvalue weighted by Gasteiger charge is -2.32. The molecule has 0 saturated carbocycles. The topological polar surface area (TPSA) is 152 Å². The Balaban J connectivity index is 2.38. The van der Waals surface area contributed by atoms with E-state index in [1.54, 1.807) is 27.7 Å². The number of aromatic carboxylic acids is 2. The summed E-state index contributed by atoms with van der Waals surface area (Å²) in [5.41, 5.74) is 1.03. The molecule has 1 aliphatic heterocycles. The molecule has 9 nitrogen and oxygen atoms in total. The molecular formula is C19H20BFN2O7. The first kappa shape index (κ1) is 21.5. The number of aromatic amines is 1. The normalized spacial score (nSPS) is 17.2. The number of hydrogen-bond donors (Lipinski definition) is 4. The minimum Gasteiger partial charge on any atom is -0.478 e. The van der Waals surface area contributed by atoms with Crippen LogP contribution in [0.3, 0.4) is 0 Å².